The summed E-state index contributed by atoms with van der Waals surface area (Å²) in [6.45, 7) is 1.92. The van der Waals surface area contributed by atoms with E-state index in [0.29, 0.717) is 4.47 Å². The molecule has 0 unspecified atom stereocenters. The monoisotopic (exact) mass is 244 g/mol. The maximum absolute atomic E-state index is 13.1. The van der Waals surface area contributed by atoms with Gasteiger partial charge in [-0.25, -0.2) is 4.39 Å². The van der Waals surface area contributed by atoms with E-state index in [4.69, 9.17) is 0 Å². The van der Waals surface area contributed by atoms with E-state index in [1.54, 1.807) is 17.4 Å². The number of thiophene rings is 1. The van der Waals surface area contributed by atoms with E-state index in [2.05, 4.69) is 15.9 Å². The Bertz CT molecular complexity index is 433. The predicted octanol–water partition coefficient (Wildman–Crippen LogP) is 4.11. The number of hydrogen-bond acceptors (Lipinski definition) is 1. The zero-order chi connectivity index (χ0) is 8.72. The summed E-state index contributed by atoms with van der Waals surface area (Å²) < 4.78 is 14.7. The molecule has 2 aromatic rings. The normalized spacial score (nSPS) is 10.9. The lowest BCUT2D eigenvalue weighted by Gasteiger charge is -1.99. The standard InChI is InChI=1S/C9H6BrFS/c1-5-4-7(11)8(10)9-6(5)2-3-12-9/h2-4H,1H3. The first-order valence-electron chi connectivity index (χ1n) is 3.52. The van der Waals surface area contributed by atoms with Crippen molar-refractivity contribution in [3.63, 3.8) is 0 Å². The average Bonchev–Trinajstić information content (AvgIpc) is 2.48. The molecule has 2 rings (SSSR count). The van der Waals surface area contributed by atoms with Crippen molar-refractivity contribution in [3.05, 3.63) is 33.4 Å². The van der Waals surface area contributed by atoms with Crippen molar-refractivity contribution in [2.75, 3.05) is 0 Å². The van der Waals surface area contributed by atoms with Gasteiger partial charge in [0.25, 0.3) is 0 Å². The molecular formula is C9H6BrFS. The molecule has 0 saturated heterocycles. The van der Waals surface area contributed by atoms with Crippen molar-refractivity contribution in [3.8, 4) is 0 Å². The molecule has 0 radical (unpaired) electrons. The maximum atomic E-state index is 13.1. The Morgan fingerprint density at radius 2 is 2.25 bits per heavy atom. The van der Waals surface area contributed by atoms with Crippen LogP contribution in [0.1, 0.15) is 5.56 Å². The second kappa shape index (κ2) is 2.82. The molecule has 0 atom stereocenters. The van der Waals surface area contributed by atoms with Gasteiger partial charge in [0.1, 0.15) is 5.82 Å². The van der Waals surface area contributed by atoms with E-state index in [1.807, 2.05) is 18.4 Å². The van der Waals surface area contributed by atoms with Crippen LogP contribution >= 0.6 is 27.3 Å². The van der Waals surface area contributed by atoms with E-state index >= 15 is 0 Å². The summed E-state index contributed by atoms with van der Waals surface area (Å²) in [6.07, 6.45) is 0. The molecule has 0 fully saturated rings. The van der Waals surface area contributed by atoms with Crippen LogP contribution in [0.15, 0.2) is 22.0 Å². The van der Waals surface area contributed by atoms with Crippen LogP contribution in [0.2, 0.25) is 0 Å². The van der Waals surface area contributed by atoms with Gasteiger partial charge in [-0.05, 0) is 51.3 Å². The van der Waals surface area contributed by atoms with Gasteiger partial charge in [0, 0.05) is 0 Å². The lowest BCUT2D eigenvalue weighted by atomic mass is 10.1. The first kappa shape index (κ1) is 8.20. The van der Waals surface area contributed by atoms with Crippen LogP contribution in [-0.2, 0) is 0 Å². The average molecular weight is 245 g/mol. The molecule has 62 valence electrons. The molecule has 0 bridgehead atoms. The number of rotatable bonds is 0. The molecule has 0 aliphatic carbocycles. The Labute approximate surface area is 82.2 Å². The number of halogens is 2. The SMILES string of the molecule is Cc1cc(F)c(Br)c2sccc12. The van der Waals surface area contributed by atoms with Gasteiger partial charge in [0.15, 0.2) is 0 Å². The van der Waals surface area contributed by atoms with Crippen molar-refractivity contribution >= 4 is 37.4 Å². The van der Waals surface area contributed by atoms with Gasteiger partial charge < -0.3 is 0 Å². The molecule has 1 aromatic carbocycles. The van der Waals surface area contributed by atoms with Crippen LogP contribution in [0.5, 0.6) is 0 Å². The largest absolute Gasteiger partial charge is 0.206 e. The van der Waals surface area contributed by atoms with E-state index < -0.39 is 0 Å². The lowest BCUT2D eigenvalue weighted by molar-refractivity contribution is 0.622. The van der Waals surface area contributed by atoms with Crippen molar-refractivity contribution in [2.24, 2.45) is 0 Å². The van der Waals surface area contributed by atoms with Gasteiger partial charge in [-0.2, -0.15) is 0 Å². The minimum Gasteiger partial charge on any atom is -0.206 e. The van der Waals surface area contributed by atoms with Crippen LogP contribution < -0.4 is 0 Å². The molecule has 0 spiro atoms. The molecule has 1 aromatic heterocycles. The molecule has 0 amide bonds. The van der Waals surface area contributed by atoms with Crippen molar-refractivity contribution in [2.45, 2.75) is 6.92 Å². The Kier molecular flexibility index (Phi) is 1.93. The van der Waals surface area contributed by atoms with Crippen LogP contribution in [0.3, 0.4) is 0 Å². The fraction of sp³-hybridized carbons (Fsp3) is 0.111. The van der Waals surface area contributed by atoms with Crippen LogP contribution in [0, 0.1) is 12.7 Å². The number of aryl methyl sites for hydroxylation is 1. The lowest BCUT2D eigenvalue weighted by Crippen LogP contribution is -1.80. The number of fused-ring (bicyclic) bond motifs is 1. The first-order valence-corrected chi connectivity index (χ1v) is 5.19. The Morgan fingerprint density at radius 1 is 1.50 bits per heavy atom. The Balaban J connectivity index is 2.97. The van der Waals surface area contributed by atoms with Gasteiger partial charge in [-0.15, -0.1) is 11.3 Å². The van der Waals surface area contributed by atoms with Gasteiger partial charge in [0.05, 0.1) is 9.17 Å². The third kappa shape index (κ3) is 1.08. The summed E-state index contributed by atoms with van der Waals surface area (Å²) >= 11 is 4.78. The third-order valence-corrected chi connectivity index (χ3v) is 3.81. The molecule has 1 heterocycles. The smallest absolute Gasteiger partial charge is 0.139 e. The highest BCUT2D eigenvalue weighted by Crippen LogP contribution is 2.33. The summed E-state index contributed by atoms with van der Waals surface area (Å²) in [5.41, 5.74) is 0.993. The molecular weight excluding hydrogens is 239 g/mol. The van der Waals surface area contributed by atoms with Crippen LogP contribution in [0.25, 0.3) is 10.1 Å². The fourth-order valence-electron chi connectivity index (χ4n) is 1.23. The molecule has 0 aliphatic rings. The topological polar surface area (TPSA) is 0 Å². The molecule has 0 nitrogen and oxygen atoms in total. The van der Waals surface area contributed by atoms with Crippen LogP contribution in [0.4, 0.5) is 4.39 Å². The highest BCUT2D eigenvalue weighted by Gasteiger charge is 2.07. The van der Waals surface area contributed by atoms with Gasteiger partial charge in [-0.3, -0.25) is 0 Å². The summed E-state index contributed by atoms with van der Waals surface area (Å²) in [7, 11) is 0. The second-order valence-electron chi connectivity index (χ2n) is 2.65. The molecule has 12 heavy (non-hydrogen) atoms. The van der Waals surface area contributed by atoms with E-state index in [1.165, 1.54) is 0 Å². The highest BCUT2D eigenvalue weighted by molar-refractivity contribution is 9.10. The van der Waals surface area contributed by atoms with Crippen molar-refractivity contribution in [1.29, 1.82) is 0 Å². The number of benzene rings is 1. The van der Waals surface area contributed by atoms with Crippen molar-refractivity contribution in [1.82, 2.24) is 0 Å². The summed E-state index contributed by atoms with van der Waals surface area (Å²) in [5.74, 6) is -0.178. The maximum Gasteiger partial charge on any atom is 0.139 e. The Morgan fingerprint density at radius 3 is 3.00 bits per heavy atom. The summed E-state index contributed by atoms with van der Waals surface area (Å²) in [6, 6.07) is 3.57. The predicted molar refractivity (Wildman–Crippen MR) is 54.2 cm³/mol. The molecule has 0 aliphatic heterocycles. The fourth-order valence-corrected chi connectivity index (χ4v) is 2.74. The molecule has 0 N–H and O–H groups in total. The third-order valence-electron chi connectivity index (χ3n) is 1.84. The molecule has 3 heteroatoms. The zero-order valence-electron chi connectivity index (χ0n) is 6.40. The summed E-state index contributed by atoms with van der Waals surface area (Å²) in [5, 5.41) is 3.11. The van der Waals surface area contributed by atoms with Crippen LogP contribution in [-0.4, -0.2) is 0 Å². The van der Waals surface area contributed by atoms with Gasteiger partial charge in [-0.1, -0.05) is 0 Å². The highest BCUT2D eigenvalue weighted by atomic mass is 79.9. The van der Waals surface area contributed by atoms with Gasteiger partial charge >= 0.3 is 0 Å². The van der Waals surface area contributed by atoms with Gasteiger partial charge in [0.2, 0.25) is 0 Å². The zero-order valence-corrected chi connectivity index (χ0v) is 8.80. The van der Waals surface area contributed by atoms with E-state index in [9.17, 15) is 4.39 Å². The second-order valence-corrected chi connectivity index (χ2v) is 4.36. The first-order chi connectivity index (χ1) is 5.70. The molecule has 0 saturated carbocycles. The van der Waals surface area contributed by atoms with E-state index in [0.717, 1.165) is 15.6 Å². The number of hydrogen-bond donors (Lipinski definition) is 0. The quantitative estimate of drug-likeness (QED) is 0.655. The Hall–Kier alpha value is -0.410. The summed E-state index contributed by atoms with van der Waals surface area (Å²) in [4.78, 5) is 0. The minimum atomic E-state index is -0.178. The minimum absolute atomic E-state index is 0.178. The van der Waals surface area contributed by atoms with Crippen molar-refractivity contribution < 1.29 is 4.39 Å². The van der Waals surface area contributed by atoms with E-state index in [-0.39, 0.29) is 5.82 Å².